The van der Waals surface area contributed by atoms with Crippen LogP contribution in [0.5, 0.6) is 5.75 Å². The second-order valence-electron chi connectivity index (χ2n) is 3.87. The Hall–Kier alpha value is -1.55. The summed E-state index contributed by atoms with van der Waals surface area (Å²) < 4.78 is 5.28. The predicted octanol–water partition coefficient (Wildman–Crippen LogP) is 3.01. The Balaban J connectivity index is 2.33. The summed E-state index contributed by atoms with van der Waals surface area (Å²) in [5.41, 5.74) is 3.35. The van der Waals surface area contributed by atoms with Gasteiger partial charge >= 0.3 is 0 Å². The number of hydrazone groups is 1. The van der Waals surface area contributed by atoms with E-state index >= 15 is 0 Å². The molecule has 0 atom stereocenters. The molecule has 0 spiro atoms. The summed E-state index contributed by atoms with van der Waals surface area (Å²) in [4.78, 5) is 11.4. The summed E-state index contributed by atoms with van der Waals surface area (Å²) >= 11 is 5.74. The van der Waals surface area contributed by atoms with Gasteiger partial charge in [-0.1, -0.05) is 24.9 Å². The number of amides is 1. The summed E-state index contributed by atoms with van der Waals surface area (Å²) in [6.45, 7) is 3.87. The van der Waals surface area contributed by atoms with Gasteiger partial charge in [-0.25, -0.2) is 5.43 Å². The maximum absolute atomic E-state index is 11.4. The molecule has 0 saturated heterocycles. The molecule has 18 heavy (non-hydrogen) atoms. The van der Waals surface area contributed by atoms with Crippen LogP contribution >= 0.6 is 11.6 Å². The highest BCUT2D eigenvalue weighted by Gasteiger charge is 2.01. The van der Waals surface area contributed by atoms with Gasteiger partial charge in [0.25, 0.3) is 5.91 Å². The van der Waals surface area contributed by atoms with Crippen LogP contribution in [0.1, 0.15) is 26.7 Å². The van der Waals surface area contributed by atoms with Crippen LogP contribution in [0.2, 0.25) is 5.02 Å². The van der Waals surface area contributed by atoms with Crippen molar-refractivity contribution in [2.45, 2.75) is 26.7 Å². The first-order chi connectivity index (χ1) is 8.61. The second-order valence-corrected chi connectivity index (χ2v) is 4.31. The molecule has 0 aromatic heterocycles. The van der Waals surface area contributed by atoms with E-state index in [0.29, 0.717) is 10.8 Å². The lowest BCUT2D eigenvalue weighted by Crippen LogP contribution is -2.25. The van der Waals surface area contributed by atoms with Crippen molar-refractivity contribution in [1.82, 2.24) is 5.43 Å². The number of carbonyl (C=O) groups is 1. The summed E-state index contributed by atoms with van der Waals surface area (Å²) in [5.74, 6) is 0.323. The molecule has 1 aromatic rings. The topological polar surface area (TPSA) is 50.7 Å². The molecule has 1 amide bonds. The van der Waals surface area contributed by atoms with E-state index in [2.05, 4.69) is 17.5 Å². The minimum Gasteiger partial charge on any atom is -0.484 e. The van der Waals surface area contributed by atoms with Crippen molar-refractivity contribution >= 4 is 23.2 Å². The zero-order valence-corrected chi connectivity index (χ0v) is 11.3. The van der Waals surface area contributed by atoms with Crippen molar-refractivity contribution in [2.75, 3.05) is 6.61 Å². The summed E-state index contributed by atoms with van der Waals surface area (Å²) in [7, 11) is 0. The van der Waals surface area contributed by atoms with Crippen molar-refractivity contribution in [2.24, 2.45) is 5.10 Å². The van der Waals surface area contributed by atoms with Crippen LogP contribution in [-0.4, -0.2) is 18.2 Å². The van der Waals surface area contributed by atoms with Crippen LogP contribution in [0.15, 0.2) is 29.4 Å². The minimum atomic E-state index is -0.277. The molecule has 0 aliphatic heterocycles. The van der Waals surface area contributed by atoms with E-state index in [1.807, 2.05) is 6.92 Å². The van der Waals surface area contributed by atoms with Gasteiger partial charge in [0.05, 0.1) is 0 Å². The van der Waals surface area contributed by atoms with Gasteiger partial charge in [-0.3, -0.25) is 4.79 Å². The lowest BCUT2D eigenvalue weighted by molar-refractivity contribution is -0.123. The van der Waals surface area contributed by atoms with Crippen molar-refractivity contribution in [3.05, 3.63) is 29.3 Å². The highest BCUT2D eigenvalue weighted by molar-refractivity contribution is 6.30. The molecule has 0 aliphatic carbocycles. The zero-order valence-electron chi connectivity index (χ0n) is 10.6. The first kappa shape index (κ1) is 14.5. The molecule has 0 saturated carbocycles. The molecule has 98 valence electrons. The molecule has 1 N–H and O–H groups in total. The normalized spacial score (nSPS) is 11.2. The maximum Gasteiger partial charge on any atom is 0.277 e. The highest BCUT2D eigenvalue weighted by atomic mass is 35.5. The van der Waals surface area contributed by atoms with Crippen molar-refractivity contribution in [1.29, 1.82) is 0 Å². The molecular weight excluding hydrogens is 252 g/mol. The second kappa shape index (κ2) is 7.71. The number of carbonyl (C=O) groups excluding carboxylic acids is 1. The van der Waals surface area contributed by atoms with Gasteiger partial charge in [-0.15, -0.1) is 0 Å². The third-order valence-electron chi connectivity index (χ3n) is 2.17. The SMILES string of the molecule is CCCC(C)=NNC(=O)COc1ccc(Cl)cc1. The maximum atomic E-state index is 11.4. The molecule has 1 aromatic carbocycles. The standard InChI is InChI=1S/C13H17ClN2O2/c1-3-4-10(2)15-16-13(17)9-18-12-7-5-11(14)6-8-12/h5-8H,3-4,9H2,1-2H3,(H,16,17). The summed E-state index contributed by atoms with van der Waals surface area (Å²) in [5, 5.41) is 4.59. The van der Waals surface area contributed by atoms with E-state index in [-0.39, 0.29) is 12.5 Å². The zero-order chi connectivity index (χ0) is 13.4. The minimum absolute atomic E-state index is 0.0649. The van der Waals surface area contributed by atoms with Gasteiger partial charge in [0.2, 0.25) is 0 Å². The number of nitrogens with zero attached hydrogens (tertiary/aromatic N) is 1. The van der Waals surface area contributed by atoms with Crippen molar-refractivity contribution in [3.63, 3.8) is 0 Å². The average Bonchev–Trinajstić information content (AvgIpc) is 2.36. The number of benzene rings is 1. The quantitative estimate of drug-likeness (QED) is 0.637. The number of rotatable bonds is 6. The van der Waals surface area contributed by atoms with E-state index in [1.165, 1.54) is 0 Å². The van der Waals surface area contributed by atoms with Gasteiger partial charge < -0.3 is 4.74 Å². The number of hydrogen-bond acceptors (Lipinski definition) is 3. The Labute approximate surface area is 112 Å². The predicted molar refractivity (Wildman–Crippen MR) is 73.1 cm³/mol. The lowest BCUT2D eigenvalue weighted by Gasteiger charge is -2.05. The fraction of sp³-hybridized carbons (Fsp3) is 0.385. The summed E-state index contributed by atoms with van der Waals surface area (Å²) in [6.07, 6.45) is 1.88. The number of ether oxygens (including phenoxy) is 1. The molecule has 5 heteroatoms. The molecule has 0 aliphatic rings. The third kappa shape index (κ3) is 5.68. The van der Waals surface area contributed by atoms with Crippen LogP contribution in [0, 0.1) is 0 Å². The van der Waals surface area contributed by atoms with Gasteiger partial charge in [-0.05, 0) is 37.6 Å². The van der Waals surface area contributed by atoms with Crippen LogP contribution in [0.3, 0.4) is 0 Å². The number of halogens is 1. The Bertz CT molecular complexity index is 416. The first-order valence-electron chi connectivity index (χ1n) is 5.82. The number of hydrogen-bond donors (Lipinski definition) is 1. The van der Waals surface area contributed by atoms with Crippen LogP contribution in [0.25, 0.3) is 0 Å². The molecule has 1 rings (SSSR count). The molecule has 0 bridgehead atoms. The van der Waals surface area contributed by atoms with Crippen molar-refractivity contribution < 1.29 is 9.53 Å². The van der Waals surface area contributed by atoms with Gasteiger partial charge in [0.15, 0.2) is 6.61 Å². The molecule has 0 unspecified atom stereocenters. The Morgan fingerprint density at radius 1 is 1.39 bits per heavy atom. The van der Waals surface area contributed by atoms with E-state index in [9.17, 15) is 4.79 Å². The van der Waals surface area contributed by atoms with E-state index < -0.39 is 0 Å². The Morgan fingerprint density at radius 2 is 2.06 bits per heavy atom. The first-order valence-corrected chi connectivity index (χ1v) is 6.20. The molecule has 0 radical (unpaired) electrons. The smallest absolute Gasteiger partial charge is 0.277 e. The fourth-order valence-corrected chi connectivity index (χ4v) is 1.41. The van der Waals surface area contributed by atoms with Crippen LogP contribution in [0.4, 0.5) is 0 Å². The Kier molecular flexibility index (Phi) is 6.22. The fourth-order valence-electron chi connectivity index (χ4n) is 1.29. The largest absolute Gasteiger partial charge is 0.484 e. The molecular formula is C13H17ClN2O2. The lowest BCUT2D eigenvalue weighted by atomic mass is 10.2. The van der Waals surface area contributed by atoms with Gasteiger partial charge in [-0.2, -0.15) is 5.10 Å². The van der Waals surface area contributed by atoms with E-state index in [1.54, 1.807) is 24.3 Å². The molecule has 0 heterocycles. The Morgan fingerprint density at radius 3 is 2.67 bits per heavy atom. The van der Waals surface area contributed by atoms with Crippen molar-refractivity contribution in [3.8, 4) is 5.75 Å². The van der Waals surface area contributed by atoms with E-state index in [4.69, 9.17) is 16.3 Å². The molecule has 4 nitrogen and oxygen atoms in total. The van der Waals surface area contributed by atoms with E-state index in [0.717, 1.165) is 18.6 Å². The molecule has 0 fully saturated rings. The summed E-state index contributed by atoms with van der Waals surface area (Å²) in [6, 6.07) is 6.83. The highest BCUT2D eigenvalue weighted by Crippen LogP contribution is 2.15. The van der Waals surface area contributed by atoms with Crippen LogP contribution < -0.4 is 10.2 Å². The monoisotopic (exact) mass is 268 g/mol. The average molecular weight is 269 g/mol. The van der Waals surface area contributed by atoms with Gasteiger partial charge in [0, 0.05) is 10.7 Å². The van der Waals surface area contributed by atoms with Crippen LogP contribution in [-0.2, 0) is 4.79 Å². The third-order valence-corrected chi connectivity index (χ3v) is 2.42. The number of nitrogens with one attached hydrogen (secondary N) is 1. The van der Waals surface area contributed by atoms with Gasteiger partial charge in [0.1, 0.15) is 5.75 Å².